The summed E-state index contributed by atoms with van der Waals surface area (Å²) in [6.45, 7) is 3.66. The first-order chi connectivity index (χ1) is 6.59. The SMILES string of the molecule is C=C(Br)/C=C\C1=CCCC(C(=O)O)=C1. The lowest BCUT2D eigenvalue weighted by atomic mass is 9.99. The molecule has 0 radical (unpaired) electrons. The molecule has 0 amide bonds. The highest BCUT2D eigenvalue weighted by Crippen LogP contribution is 2.19. The molecule has 0 saturated heterocycles. The average Bonchev–Trinajstić information content (AvgIpc) is 2.15. The molecule has 0 aromatic heterocycles. The number of allylic oxidation sites excluding steroid dienone is 6. The lowest BCUT2D eigenvalue weighted by Gasteiger charge is -2.07. The van der Waals surface area contributed by atoms with Gasteiger partial charge >= 0.3 is 5.97 Å². The third-order valence-electron chi connectivity index (χ3n) is 1.87. The van der Waals surface area contributed by atoms with Crippen LogP contribution in [-0.2, 0) is 4.79 Å². The minimum absolute atomic E-state index is 0.465. The maximum absolute atomic E-state index is 10.7. The van der Waals surface area contributed by atoms with Crippen LogP contribution in [-0.4, -0.2) is 11.1 Å². The van der Waals surface area contributed by atoms with Crippen LogP contribution in [0.25, 0.3) is 0 Å². The standard InChI is InChI=1S/C11H11BrO2/c1-8(12)5-6-9-3-2-4-10(7-9)11(13)14/h3,5-7H,1-2,4H2,(H,13,14)/b6-5-. The van der Waals surface area contributed by atoms with Gasteiger partial charge in [-0.15, -0.1) is 0 Å². The third kappa shape index (κ3) is 3.34. The zero-order chi connectivity index (χ0) is 10.6. The van der Waals surface area contributed by atoms with Gasteiger partial charge in [-0.3, -0.25) is 0 Å². The van der Waals surface area contributed by atoms with Crippen molar-refractivity contribution >= 4 is 21.9 Å². The maximum Gasteiger partial charge on any atom is 0.331 e. The zero-order valence-corrected chi connectivity index (χ0v) is 9.25. The molecule has 0 aromatic carbocycles. The molecule has 2 nitrogen and oxygen atoms in total. The Kier molecular flexibility index (Phi) is 3.89. The number of rotatable bonds is 3. The minimum atomic E-state index is -0.832. The molecule has 74 valence electrons. The van der Waals surface area contributed by atoms with Crippen molar-refractivity contribution < 1.29 is 9.90 Å². The van der Waals surface area contributed by atoms with Crippen LogP contribution in [0.15, 0.2) is 46.5 Å². The summed E-state index contributed by atoms with van der Waals surface area (Å²) >= 11 is 3.20. The van der Waals surface area contributed by atoms with Crippen LogP contribution in [0.5, 0.6) is 0 Å². The van der Waals surface area contributed by atoms with Crippen molar-refractivity contribution in [1.82, 2.24) is 0 Å². The third-order valence-corrected chi connectivity index (χ3v) is 2.13. The molecule has 0 bridgehead atoms. The Morgan fingerprint density at radius 3 is 2.93 bits per heavy atom. The number of hydrogen-bond acceptors (Lipinski definition) is 1. The number of carbonyl (C=O) groups is 1. The summed E-state index contributed by atoms with van der Waals surface area (Å²) in [6, 6.07) is 0. The lowest BCUT2D eigenvalue weighted by Crippen LogP contribution is -2.03. The normalized spacial score (nSPS) is 16.4. The van der Waals surface area contributed by atoms with Gasteiger partial charge in [0.25, 0.3) is 0 Å². The molecule has 3 heteroatoms. The topological polar surface area (TPSA) is 37.3 Å². The number of halogens is 1. The van der Waals surface area contributed by atoms with Crippen LogP contribution < -0.4 is 0 Å². The van der Waals surface area contributed by atoms with Gasteiger partial charge in [-0.05, 0) is 30.6 Å². The Hall–Kier alpha value is -1.09. The van der Waals surface area contributed by atoms with Crippen molar-refractivity contribution in [2.24, 2.45) is 0 Å². The summed E-state index contributed by atoms with van der Waals surface area (Å²) in [7, 11) is 0. The van der Waals surface area contributed by atoms with Crippen molar-refractivity contribution in [2.45, 2.75) is 12.8 Å². The molecule has 0 atom stereocenters. The second kappa shape index (κ2) is 4.96. The van der Waals surface area contributed by atoms with Gasteiger partial charge in [-0.1, -0.05) is 34.7 Å². The fourth-order valence-corrected chi connectivity index (χ4v) is 1.33. The average molecular weight is 255 g/mol. The molecule has 1 N–H and O–H groups in total. The van der Waals surface area contributed by atoms with E-state index in [1.54, 1.807) is 12.2 Å². The Balaban J connectivity index is 2.77. The molecule has 0 unspecified atom stereocenters. The van der Waals surface area contributed by atoms with Crippen molar-refractivity contribution in [1.29, 1.82) is 0 Å². The Bertz CT molecular complexity index is 348. The summed E-state index contributed by atoms with van der Waals surface area (Å²) in [5, 5.41) is 8.79. The Morgan fingerprint density at radius 1 is 1.64 bits per heavy atom. The molecular weight excluding hydrogens is 244 g/mol. The van der Waals surface area contributed by atoms with E-state index in [1.165, 1.54) is 0 Å². The summed E-state index contributed by atoms with van der Waals surface area (Å²) in [5.74, 6) is -0.832. The monoisotopic (exact) mass is 254 g/mol. The summed E-state index contributed by atoms with van der Waals surface area (Å²) < 4.78 is 0.772. The van der Waals surface area contributed by atoms with E-state index in [0.29, 0.717) is 12.0 Å². The first-order valence-electron chi connectivity index (χ1n) is 4.26. The molecule has 14 heavy (non-hydrogen) atoms. The second-order valence-electron chi connectivity index (χ2n) is 3.00. The van der Waals surface area contributed by atoms with Gasteiger partial charge in [-0.2, -0.15) is 0 Å². The molecule has 1 aliphatic carbocycles. The van der Waals surface area contributed by atoms with Gasteiger partial charge in [0.1, 0.15) is 0 Å². The van der Waals surface area contributed by atoms with E-state index in [1.807, 2.05) is 12.2 Å². The highest BCUT2D eigenvalue weighted by molar-refractivity contribution is 9.11. The quantitative estimate of drug-likeness (QED) is 0.786. The first kappa shape index (κ1) is 11.0. The van der Waals surface area contributed by atoms with Crippen LogP contribution in [0.2, 0.25) is 0 Å². The predicted octanol–water partition coefficient (Wildman–Crippen LogP) is 3.18. The van der Waals surface area contributed by atoms with Crippen molar-refractivity contribution in [3.05, 3.63) is 46.5 Å². The molecule has 0 fully saturated rings. The largest absolute Gasteiger partial charge is 0.478 e. The van der Waals surface area contributed by atoms with Crippen LogP contribution >= 0.6 is 15.9 Å². The van der Waals surface area contributed by atoms with Crippen molar-refractivity contribution in [3.63, 3.8) is 0 Å². The van der Waals surface area contributed by atoms with Gasteiger partial charge < -0.3 is 5.11 Å². The first-order valence-corrected chi connectivity index (χ1v) is 5.05. The molecule has 1 aliphatic rings. The van der Waals surface area contributed by atoms with Gasteiger partial charge in [0.05, 0.1) is 0 Å². The van der Waals surface area contributed by atoms with Crippen molar-refractivity contribution in [2.75, 3.05) is 0 Å². The summed E-state index contributed by atoms with van der Waals surface area (Å²) in [6.07, 6.45) is 8.75. The van der Waals surface area contributed by atoms with Gasteiger partial charge in [0.15, 0.2) is 0 Å². The number of carboxylic acids is 1. The van der Waals surface area contributed by atoms with Gasteiger partial charge in [-0.25, -0.2) is 4.79 Å². The summed E-state index contributed by atoms with van der Waals surface area (Å²) in [4.78, 5) is 10.7. The van der Waals surface area contributed by atoms with Crippen LogP contribution in [0, 0.1) is 0 Å². The van der Waals surface area contributed by atoms with E-state index in [2.05, 4.69) is 22.5 Å². The van der Waals surface area contributed by atoms with E-state index >= 15 is 0 Å². The fourth-order valence-electron chi connectivity index (χ4n) is 1.20. The minimum Gasteiger partial charge on any atom is -0.478 e. The Morgan fingerprint density at radius 2 is 2.36 bits per heavy atom. The molecule has 0 aromatic rings. The van der Waals surface area contributed by atoms with Crippen LogP contribution in [0.4, 0.5) is 0 Å². The number of aliphatic carboxylic acids is 1. The number of hydrogen-bond donors (Lipinski definition) is 1. The van der Waals surface area contributed by atoms with E-state index in [4.69, 9.17) is 5.11 Å². The Labute approximate surface area is 91.4 Å². The zero-order valence-electron chi connectivity index (χ0n) is 7.66. The van der Waals surface area contributed by atoms with Crippen LogP contribution in [0.1, 0.15) is 12.8 Å². The van der Waals surface area contributed by atoms with Gasteiger partial charge in [0, 0.05) is 10.1 Å². The molecule has 0 heterocycles. The van der Waals surface area contributed by atoms with E-state index < -0.39 is 5.97 Å². The van der Waals surface area contributed by atoms with Gasteiger partial charge in [0.2, 0.25) is 0 Å². The smallest absolute Gasteiger partial charge is 0.331 e. The van der Waals surface area contributed by atoms with E-state index in [-0.39, 0.29) is 0 Å². The lowest BCUT2D eigenvalue weighted by molar-refractivity contribution is -0.132. The highest BCUT2D eigenvalue weighted by Gasteiger charge is 2.09. The molecule has 0 aliphatic heterocycles. The second-order valence-corrected chi connectivity index (χ2v) is 4.02. The fraction of sp³-hybridized carbons (Fsp3) is 0.182. The van der Waals surface area contributed by atoms with Crippen molar-refractivity contribution in [3.8, 4) is 0 Å². The molecule has 0 spiro atoms. The highest BCUT2D eigenvalue weighted by atomic mass is 79.9. The maximum atomic E-state index is 10.7. The van der Waals surface area contributed by atoms with E-state index in [9.17, 15) is 4.79 Å². The predicted molar refractivity (Wildman–Crippen MR) is 60.2 cm³/mol. The molecule has 0 saturated carbocycles. The van der Waals surface area contributed by atoms with Crippen LogP contribution in [0.3, 0.4) is 0 Å². The molecule has 1 rings (SSSR count). The van der Waals surface area contributed by atoms with E-state index in [0.717, 1.165) is 16.5 Å². The number of carboxylic acid groups (broad SMARTS) is 1. The molecular formula is C11H11BrO2. The summed E-state index contributed by atoms with van der Waals surface area (Å²) in [5.41, 5.74) is 1.39.